The standard InChI is InChI=1S/C15H22ClN3OSi/c1-12-17-7-5-14(18-12)15-13(16)6-8-19(15)11-20-9-10-21(2,3)4/h5-8H,9-11H2,1-4H3. The average Bonchev–Trinajstić information content (AvgIpc) is 2.75. The Morgan fingerprint density at radius 1 is 1.29 bits per heavy atom. The zero-order valence-electron chi connectivity index (χ0n) is 13.1. The predicted octanol–water partition coefficient (Wildman–Crippen LogP) is 4.22. The molecule has 4 nitrogen and oxygen atoms in total. The van der Waals surface area contributed by atoms with E-state index in [1.807, 2.05) is 29.8 Å². The molecule has 0 fully saturated rings. The molecule has 0 unspecified atom stereocenters. The van der Waals surface area contributed by atoms with E-state index >= 15 is 0 Å². The minimum atomic E-state index is -1.06. The van der Waals surface area contributed by atoms with E-state index in [0.717, 1.165) is 29.9 Å². The van der Waals surface area contributed by atoms with E-state index in [1.165, 1.54) is 0 Å². The first kappa shape index (κ1) is 16.2. The van der Waals surface area contributed by atoms with E-state index in [0.29, 0.717) is 11.8 Å². The van der Waals surface area contributed by atoms with Crippen molar-refractivity contribution in [1.82, 2.24) is 14.5 Å². The van der Waals surface area contributed by atoms with Gasteiger partial charge in [0.25, 0.3) is 0 Å². The van der Waals surface area contributed by atoms with Crippen molar-refractivity contribution < 1.29 is 4.74 Å². The number of aryl methyl sites for hydroxylation is 1. The molecule has 0 spiro atoms. The van der Waals surface area contributed by atoms with E-state index in [-0.39, 0.29) is 0 Å². The van der Waals surface area contributed by atoms with Crippen molar-refractivity contribution >= 4 is 19.7 Å². The third kappa shape index (κ3) is 4.66. The molecule has 0 aliphatic rings. The van der Waals surface area contributed by atoms with Gasteiger partial charge in [-0.2, -0.15) is 0 Å². The summed E-state index contributed by atoms with van der Waals surface area (Å²) >= 11 is 6.29. The van der Waals surface area contributed by atoms with Crippen LogP contribution in [0, 0.1) is 6.92 Å². The number of hydrogen-bond donors (Lipinski definition) is 0. The van der Waals surface area contributed by atoms with Gasteiger partial charge in [0.15, 0.2) is 0 Å². The van der Waals surface area contributed by atoms with Crippen molar-refractivity contribution in [2.75, 3.05) is 6.61 Å². The lowest BCUT2D eigenvalue weighted by molar-refractivity contribution is 0.0885. The van der Waals surface area contributed by atoms with E-state index in [9.17, 15) is 0 Å². The fraction of sp³-hybridized carbons (Fsp3) is 0.467. The minimum Gasteiger partial charge on any atom is -0.361 e. The van der Waals surface area contributed by atoms with Crippen molar-refractivity contribution in [2.24, 2.45) is 0 Å². The number of aromatic nitrogens is 3. The first-order valence-electron chi connectivity index (χ1n) is 7.09. The molecule has 0 aliphatic carbocycles. The molecule has 0 N–H and O–H groups in total. The Morgan fingerprint density at radius 3 is 2.71 bits per heavy atom. The molecule has 2 heterocycles. The Morgan fingerprint density at radius 2 is 2.05 bits per heavy atom. The van der Waals surface area contributed by atoms with Crippen molar-refractivity contribution in [3.05, 3.63) is 35.4 Å². The molecule has 2 rings (SSSR count). The maximum absolute atomic E-state index is 6.29. The second kappa shape index (κ2) is 6.73. The molecule has 0 atom stereocenters. The zero-order valence-corrected chi connectivity index (χ0v) is 14.8. The third-order valence-electron chi connectivity index (χ3n) is 3.16. The predicted molar refractivity (Wildman–Crippen MR) is 89.3 cm³/mol. The Hall–Kier alpha value is -1.17. The van der Waals surface area contributed by atoms with Crippen molar-refractivity contribution in [2.45, 2.75) is 39.3 Å². The van der Waals surface area contributed by atoms with Gasteiger partial charge in [-0.05, 0) is 25.1 Å². The van der Waals surface area contributed by atoms with Crippen LogP contribution in [0.1, 0.15) is 5.82 Å². The fourth-order valence-corrected chi connectivity index (χ4v) is 2.97. The molecule has 114 valence electrons. The van der Waals surface area contributed by atoms with Crippen LogP contribution in [0.15, 0.2) is 24.5 Å². The third-order valence-corrected chi connectivity index (χ3v) is 5.17. The van der Waals surface area contributed by atoms with Gasteiger partial charge >= 0.3 is 0 Å². The molecule has 0 aliphatic heterocycles. The Balaban J connectivity index is 2.08. The van der Waals surface area contributed by atoms with Gasteiger partial charge in [-0.15, -0.1) is 0 Å². The molecule has 6 heteroatoms. The fourth-order valence-electron chi connectivity index (χ4n) is 1.95. The topological polar surface area (TPSA) is 39.9 Å². The second-order valence-electron chi connectivity index (χ2n) is 6.32. The van der Waals surface area contributed by atoms with Crippen LogP contribution < -0.4 is 0 Å². The largest absolute Gasteiger partial charge is 0.361 e. The van der Waals surface area contributed by atoms with E-state index in [2.05, 4.69) is 29.6 Å². The van der Waals surface area contributed by atoms with E-state index in [4.69, 9.17) is 16.3 Å². The minimum absolute atomic E-state index is 0.496. The van der Waals surface area contributed by atoms with Gasteiger partial charge in [0.05, 0.1) is 16.4 Å². The van der Waals surface area contributed by atoms with Gasteiger partial charge in [0.1, 0.15) is 12.6 Å². The lowest BCUT2D eigenvalue weighted by atomic mass is 10.3. The molecule has 2 aromatic heterocycles. The summed E-state index contributed by atoms with van der Waals surface area (Å²) in [5, 5.41) is 0.682. The average molecular weight is 324 g/mol. The molecular weight excluding hydrogens is 302 g/mol. The van der Waals surface area contributed by atoms with Crippen LogP contribution in [-0.4, -0.2) is 29.2 Å². The molecule has 21 heavy (non-hydrogen) atoms. The Kier molecular flexibility index (Phi) is 5.19. The van der Waals surface area contributed by atoms with E-state index in [1.54, 1.807) is 6.20 Å². The molecule has 0 aromatic carbocycles. The van der Waals surface area contributed by atoms with Crippen LogP contribution in [-0.2, 0) is 11.5 Å². The summed E-state index contributed by atoms with van der Waals surface area (Å²) in [6.45, 7) is 10.2. The molecule has 0 bridgehead atoms. The maximum atomic E-state index is 6.29. The molecule has 2 aromatic rings. The molecule has 0 radical (unpaired) electrons. The number of rotatable bonds is 6. The lowest BCUT2D eigenvalue weighted by Crippen LogP contribution is -2.22. The van der Waals surface area contributed by atoms with E-state index < -0.39 is 8.07 Å². The highest BCUT2D eigenvalue weighted by Crippen LogP contribution is 2.27. The Labute approximate surface area is 132 Å². The summed E-state index contributed by atoms with van der Waals surface area (Å²) in [5.41, 5.74) is 1.71. The van der Waals surface area contributed by atoms with Gasteiger partial charge < -0.3 is 9.30 Å². The monoisotopic (exact) mass is 323 g/mol. The van der Waals surface area contributed by atoms with Crippen molar-refractivity contribution in [3.63, 3.8) is 0 Å². The highest BCUT2D eigenvalue weighted by molar-refractivity contribution is 6.76. The summed E-state index contributed by atoms with van der Waals surface area (Å²) in [4.78, 5) is 8.56. The summed E-state index contributed by atoms with van der Waals surface area (Å²) in [5.74, 6) is 0.732. The van der Waals surface area contributed by atoms with Gasteiger partial charge in [-0.3, -0.25) is 0 Å². The maximum Gasteiger partial charge on any atom is 0.125 e. The summed E-state index contributed by atoms with van der Waals surface area (Å²) in [7, 11) is -1.06. The highest BCUT2D eigenvalue weighted by Gasteiger charge is 2.14. The van der Waals surface area contributed by atoms with Gasteiger partial charge in [0.2, 0.25) is 0 Å². The zero-order chi connectivity index (χ0) is 15.5. The van der Waals surface area contributed by atoms with Crippen LogP contribution >= 0.6 is 11.6 Å². The number of nitrogens with zero attached hydrogens (tertiary/aromatic N) is 3. The van der Waals surface area contributed by atoms with Crippen molar-refractivity contribution in [3.8, 4) is 11.4 Å². The smallest absolute Gasteiger partial charge is 0.125 e. The van der Waals surface area contributed by atoms with Crippen molar-refractivity contribution in [1.29, 1.82) is 0 Å². The molecule has 0 saturated heterocycles. The Bertz CT molecular complexity index is 607. The summed E-state index contributed by atoms with van der Waals surface area (Å²) < 4.78 is 7.79. The van der Waals surface area contributed by atoms with Crippen LogP contribution in [0.2, 0.25) is 30.7 Å². The lowest BCUT2D eigenvalue weighted by Gasteiger charge is -2.16. The van der Waals surface area contributed by atoms with Crippen LogP contribution in [0.4, 0.5) is 0 Å². The van der Waals surface area contributed by atoms with Gasteiger partial charge in [0, 0.05) is 27.1 Å². The van der Waals surface area contributed by atoms with Gasteiger partial charge in [-0.25, -0.2) is 9.97 Å². The van der Waals surface area contributed by atoms with Crippen LogP contribution in [0.3, 0.4) is 0 Å². The van der Waals surface area contributed by atoms with Crippen LogP contribution in [0.25, 0.3) is 11.4 Å². The second-order valence-corrected chi connectivity index (χ2v) is 12.3. The quantitative estimate of drug-likeness (QED) is 0.590. The molecule has 0 amide bonds. The SMILES string of the molecule is Cc1nccc(-c2c(Cl)ccn2COCC[Si](C)(C)C)n1. The normalized spacial score (nSPS) is 11.9. The van der Waals surface area contributed by atoms with Crippen LogP contribution in [0.5, 0.6) is 0 Å². The van der Waals surface area contributed by atoms with Gasteiger partial charge in [-0.1, -0.05) is 31.2 Å². The highest BCUT2D eigenvalue weighted by atomic mass is 35.5. The number of hydrogen-bond acceptors (Lipinski definition) is 3. The molecule has 0 saturated carbocycles. The number of halogens is 1. The first-order valence-corrected chi connectivity index (χ1v) is 11.2. The number of ether oxygens (including phenoxy) is 1. The summed E-state index contributed by atoms with van der Waals surface area (Å²) in [6.07, 6.45) is 3.68. The molecular formula is C15H22ClN3OSi. The summed E-state index contributed by atoms with van der Waals surface area (Å²) in [6, 6.07) is 4.90. The first-order chi connectivity index (χ1) is 9.87.